The summed E-state index contributed by atoms with van der Waals surface area (Å²) >= 11 is 0. The second kappa shape index (κ2) is 8.83. The monoisotopic (exact) mass is 332 g/mol. The van der Waals surface area contributed by atoms with Crippen LogP contribution in [0, 0.1) is 0 Å². The number of hydrogen-bond acceptors (Lipinski definition) is 3. The fraction of sp³-hybridized carbons (Fsp3) is 0.579. The molecule has 2 rings (SSSR count). The molecular weight excluding hydrogens is 304 g/mol. The fourth-order valence-electron chi connectivity index (χ4n) is 3.00. The normalized spacial score (nSPS) is 17.8. The predicted octanol–water partition coefficient (Wildman–Crippen LogP) is 1.94. The van der Waals surface area contributed by atoms with Crippen LogP contribution in [0.4, 0.5) is 0 Å². The Kier molecular flexibility index (Phi) is 6.79. The van der Waals surface area contributed by atoms with Crippen LogP contribution in [-0.4, -0.2) is 35.1 Å². The lowest BCUT2D eigenvalue weighted by atomic mass is 9.95. The van der Waals surface area contributed by atoms with Crippen LogP contribution in [-0.2, 0) is 16.0 Å². The number of aliphatic hydroxyl groups is 1. The molecule has 24 heavy (non-hydrogen) atoms. The molecule has 0 radical (unpaired) electrons. The lowest BCUT2D eigenvalue weighted by Gasteiger charge is -2.25. The van der Waals surface area contributed by atoms with Gasteiger partial charge in [0.2, 0.25) is 0 Å². The molecule has 1 saturated carbocycles. The summed E-state index contributed by atoms with van der Waals surface area (Å²) in [7, 11) is 0. The zero-order chi connectivity index (χ0) is 17.4. The second-order valence-electron chi connectivity index (χ2n) is 6.97. The minimum absolute atomic E-state index is 0.0662. The molecule has 1 aromatic carbocycles. The van der Waals surface area contributed by atoms with Crippen LogP contribution in [0.3, 0.4) is 0 Å². The number of carbonyl (C=O) groups excluding carboxylic acids is 2. The van der Waals surface area contributed by atoms with Gasteiger partial charge in [-0.25, -0.2) is 0 Å². The molecule has 0 aliphatic heterocycles. The van der Waals surface area contributed by atoms with Crippen molar-refractivity contribution in [2.24, 2.45) is 0 Å². The molecule has 1 unspecified atom stereocenters. The van der Waals surface area contributed by atoms with E-state index in [9.17, 15) is 14.7 Å². The third-order valence-corrected chi connectivity index (χ3v) is 4.57. The van der Waals surface area contributed by atoms with Gasteiger partial charge >= 0.3 is 11.8 Å². The number of benzene rings is 1. The largest absolute Gasteiger partial charge is 0.388 e. The number of aryl methyl sites for hydroxylation is 1. The highest BCUT2D eigenvalue weighted by Gasteiger charge is 2.24. The maximum absolute atomic E-state index is 11.9. The van der Waals surface area contributed by atoms with E-state index in [-0.39, 0.29) is 12.6 Å². The third-order valence-electron chi connectivity index (χ3n) is 4.57. The van der Waals surface area contributed by atoms with Crippen molar-refractivity contribution in [3.8, 4) is 0 Å². The van der Waals surface area contributed by atoms with E-state index in [2.05, 4.69) is 10.6 Å². The highest BCUT2D eigenvalue weighted by Crippen LogP contribution is 2.17. The number of carbonyl (C=O) groups is 2. The molecule has 132 valence electrons. The van der Waals surface area contributed by atoms with Crippen LogP contribution >= 0.6 is 0 Å². The van der Waals surface area contributed by atoms with Gasteiger partial charge in [0.25, 0.3) is 0 Å². The Hall–Kier alpha value is -1.88. The molecule has 0 aromatic heterocycles. The van der Waals surface area contributed by atoms with Gasteiger partial charge in [0.05, 0.1) is 5.60 Å². The van der Waals surface area contributed by atoms with Crippen molar-refractivity contribution in [1.82, 2.24) is 10.6 Å². The van der Waals surface area contributed by atoms with Gasteiger partial charge in [0.1, 0.15) is 0 Å². The molecule has 2 amide bonds. The molecule has 1 aromatic rings. The standard InChI is InChI=1S/C19H28N2O3/c1-19(24,13-12-15-8-4-2-5-9-15)14-20-17(22)18(23)21-16-10-6-3-7-11-16/h2,4-5,8-9,16,24H,3,6-7,10-14H2,1H3,(H,20,22)(H,21,23). The summed E-state index contributed by atoms with van der Waals surface area (Å²) in [6.45, 7) is 1.74. The first-order chi connectivity index (χ1) is 11.5. The third kappa shape index (κ3) is 6.32. The number of hydrogen-bond donors (Lipinski definition) is 3. The zero-order valence-corrected chi connectivity index (χ0v) is 14.4. The summed E-state index contributed by atoms with van der Waals surface area (Å²) in [6, 6.07) is 9.99. The average molecular weight is 332 g/mol. The van der Waals surface area contributed by atoms with Crippen molar-refractivity contribution in [2.75, 3.05) is 6.54 Å². The lowest BCUT2D eigenvalue weighted by molar-refractivity contribution is -0.140. The predicted molar refractivity (Wildman–Crippen MR) is 93.4 cm³/mol. The van der Waals surface area contributed by atoms with E-state index >= 15 is 0 Å². The first-order valence-electron chi connectivity index (χ1n) is 8.81. The van der Waals surface area contributed by atoms with E-state index in [1.807, 2.05) is 30.3 Å². The van der Waals surface area contributed by atoms with Crippen LogP contribution in [0.15, 0.2) is 30.3 Å². The Balaban J connectivity index is 1.71. The highest BCUT2D eigenvalue weighted by molar-refractivity contribution is 6.35. The van der Waals surface area contributed by atoms with Crippen molar-refractivity contribution < 1.29 is 14.7 Å². The molecule has 0 heterocycles. The highest BCUT2D eigenvalue weighted by atomic mass is 16.3. The maximum atomic E-state index is 11.9. The summed E-state index contributed by atoms with van der Waals surface area (Å²) < 4.78 is 0. The molecule has 0 spiro atoms. The molecule has 1 aliphatic rings. The van der Waals surface area contributed by atoms with Crippen LogP contribution in [0.5, 0.6) is 0 Å². The number of nitrogens with one attached hydrogen (secondary N) is 2. The Morgan fingerprint density at radius 3 is 2.46 bits per heavy atom. The SMILES string of the molecule is CC(O)(CCc1ccccc1)CNC(=O)C(=O)NC1CCCCC1. The van der Waals surface area contributed by atoms with Gasteiger partial charge < -0.3 is 15.7 Å². The summed E-state index contributed by atoms with van der Waals surface area (Å²) in [5, 5.41) is 15.7. The second-order valence-corrected chi connectivity index (χ2v) is 6.97. The molecule has 3 N–H and O–H groups in total. The van der Waals surface area contributed by atoms with E-state index in [0.717, 1.165) is 37.7 Å². The molecule has 5 heteroatoms. The molecule has 1 aliphatic carbocycles. The number of rotatable bonds is 6. The molecular formula is C19H28N2O3. The van der Waals surface area contributed by atoms with Crippen LogP contribution < -0.4 is 10.6 Å². The van der Waals surface area contributed by atoms with Gasteiger partial charge in [0, 0.05) is 12.6 Å². The van der Waals surface area contributed by atoms with Gasteiger partial charge in [-0.15, -0.1) is 0 Å². The van der Waals surface area contributed by atoms with Gasteiger partial charge in [-0.05, 0) is 38.2 Å². The van der Waals surface area contributed by atoms with Crippen LogP contribution in [0.25, 0.3) is 0 Å². The van der Waals surface area contributed by atoms with E-state index < -0.39 is 17.4 Å². The van der Waals surface area contributed by atoms with Gasteiger partial charge in [-0.3, -0.25) is 9.59 Å². The quantitative estimate of drug-likeness (QED) is 0.697. The van der Waals surface area contributed by atoms with Gasteiger partial charge in [-0.2, -0.15) is 0 Å². The number of amides is 2. The summed E-state index contributed by atoms with van der Waals surface area (Å²) in [6.07, 6.45) is 6.51. The van der Waals surface area contributed by atoms with E-state index in [0.29, 0.717) is 6.42 Å². The minimum atomic E-state index is -1.05. The van der Waals surface area contributed by atoms with E-state index in [1.165, 1.54) is 6.42 Å². The van der Waals surface area contributed by atoms with Gasteiger partial charge in [-0.1, -0.05) is 49.6 Å². The van der Waals surface area contributed by atoms with Crippen molar-refractivity contribution in [3.63, 3.8) is 0 Å². The average Bonchev–Trinajstić information content (AvgIpc) is 2.60. The van der Waals surface area contributed by atoms with Crippen molar-refractivity contribution in [1.29, 1.82) is 0 Å². The smallest absolute Gasteiger partial charge is 0.309 e. The first kappa shape index (κ1) is 18.5. The Morgan fingerprint density at radius 1 is 1.12 bits per heavy atom. The zero-order valence-electron chi connectivity index (χ0n) is 14.4. The lowest BCUT2D eigenvalue weighted by Crippen LogP contribution is -2.49. The molecule has 1 fully saturated rings. The Morgan fingerprint density at radius 2 is 1.79 bits per heavy atom. The van der Waals surface area contributed by atoms with Crippen molar-refractivity contribution in [2.45, 2.75) is 63.5 Å². The summed E-state index contributed by atoms with van der Waals surface area (Å²) in [4.78, 5) is 23.8. The van der Waals surface area contributed by atoms with Crippen LogP contribution in [0.2, 0.25) is 0 Å². The summed E-state index contributed by atoms with van der Waals surface area (Å²) in [5.74, 6) is -1.26. The maximum Gasteiger partial charge on any atom is 0.309 e. The van der Waals surface area contributed by atoms with Crippen LogP contribution in [0.1, 0.15) is 51.0 Å². The molecule has 0 saturated heterocycles. The summed E-state index contributed by atoms with van der Waals surface area (Å²) in [5.41, 5.74) is 0.0931. The van der Waals surface area contributed by atoms with Gasteiger partial charge in [0.15, 0.2) is 0 Å². The molecule has 0 bridgehead atoms. The van der Waals surface area contributed by atoms with E-state index in [4.69, 9.17) is 0 Å². The Labute approximate surface area is 143 Å². The molecule has 5 nitrogen and oxygen atoms in total. The Bertz CT molecular complexity index is 537. The molecule has 1 atom stereocenters. The topological polar surface area (TPSA) is 78.4 Å². The van der Waals surface area contributed by atoms with Crippen molar-refractivity contribution in [3.05, 3.63) is 35.9 Å². The first-order valence-corrected chi connectivity index (χ1v) is 8.81. The minimum Gasteiger partial charge on any atom is -0.388 e. The van der Waals surface area contributed by atoms with Crippen molar-refractivity contribution >= 4 is 11.8 Å². The fourth-order valence-corrected chi connectivity index (χ4v) is 3.00. The van der Waals surface area contributed by atoms with E-state index in [1.54, 1.807) is 6.92 Å².